The van der Waals surface area contributed by atoms with E-state index in [4.69, 9.17) is 4.74 Å². The third kappa shape index (κ3) is 3.53. The van der Waals surface area contributed by atoms with Gasteiger partial charge in [0.25, 0.3) is 0 Å². The molecular weight excluding hydrogens is 224 g/mol. The molecule has 0 aromatic heterocycles. The molecule has 2 nitrogen and oxygen atoms in total. The predicted molar refractivity (Wildman–Crippen MR) is 61.3 cm³/mol. The smallest absolute Gasteiger partial charge is 0.159 e. The minimum Gasteiger partial charge on any atom is -0.497 e. The summed E-state index contributed by atoms with van der Waals surface area (Å²) in [6, 6.07) is 3.93. The van der Waals surface area contributed by atoms with E-state index in [1.807, 2.05) is 6.08 Å². The van der Waals surface area contributed by atoms with Crippen LogP contribution in [0, 0.1) is 11.6 Å². The first-order valence-electron chi connectivity index (χ1n) is 5.71. The summed E-state index contributed by atoms with van der Waals surface area (Å²) in [5.74, 6) is -1.62. The molecule has 1 N–H and O–H groups in total. The van der Waals surface area contributed by atoms with Crippen LogP contribution in [-0.2, 0) is 11.3 Å². The van der Waals surface area contributed by atoms with Gasteiger partial charge in [-0.05, 0) is 36.6 Å². The van der Waals surface area contributed by atoms with Crippen molar-refractivity contribution in [1.29, 1.82) is 0 Å². The highest BCUT2D eigenvalue weighted by atomic mass is 19.2. The van der Waals surface area contributed by atoms with Gasteiger partial charge in [0.05, 0.1) is 6.26 Å². The second-order valence-corrected chi connectivity index (χ2v) is 4.09. The number of hydrogen-bond acceptors (Lipinski definition) is 2. The van der Waals surface area contributed by atoms with E-state index in [1.54, 1.807) is 12.3 Å². The van der Waals surface area contributed by atoms with Gasteiger partial charge >= 0.3 is 0 Å². The lowest BCUT2D eigenvalue weighted by atomic mass is 10.1. The van der Waals surface area contributed by atoms with Gasteiger partial charge < -0.3 is 10.1 Å². The summed E-state index contributed by atoms with van der Waals surface area (Å²) in [4.78, 5) is 0. The van der Waals surface area contributed by atoms with Crippen molar-refractivity contribution in [2.45, 2.75) is 25.5 Å². The maximum absolute atomic E-state index is 12.9. The zero-order valence-electron chi connectivity index (χ0n) is 9.46. The lowest BCUT2D eigenvalue weighted by Crippen LogP contribution is -2.28. The van der Waals surface area contributed by atoms with Crippen LogP contribution in [0.4, 0.5) is 8.78 Å². The molecule has 1 aromatic carbocycles. The Balaban J connectivity index is 1.77. The monoisotopic (exact) mass is 239 g/mol. The molecule has 1 aromatic rings. The Morgan fingerprint density at radius 3 is 2.88 bits per heavy atom. The largest absolute Gasteiger partial charge is 0.497 e. The molecule has 4 heteroatoms. The second-order valence-electron chi connectivity index (χ2n) is 4.09. The first-order valence-corrected chi connectivity index (χ1v) is 5.71. The van der Waals surface area contributed by atoms with Crippen molar-refractivity contribution < 1.29 is 13.5 Å². The Bertz CT molecular complexity index is 406. The van der Waals surface area contributed by atoms with Crippen LogP contribution in [0.1, 0.15) is 18.4 Å². The van der Waals surface area contributed by atoms with Crippen LogP contribution in [0.15, 0.2) is 30.5 Å². The lowest BCUT2D eigenvalue weighted by Gasteiger charge is -2.19. The molecule has 0 saturated heterocycles. The zero-order chi connectivity index (χ0) is 12.1. The molecule has 0 bridgehead atoms. The van der Waals surface area contributed by atoms with Gasteiger partial charge in [-0.2, -0.15) is 0 Å². The summed E-state index contributed by atoms with van der Waals surface area (Å²) in [6.07, 6.45) is 5.89. The fraction of sp³-hybridized carbons (Fsp3) is 0.385. The molecule has 92 valence electrons. The number of benzene rings is 1. The Kier molecular flexibility index (Phi) is 4.09. The van der Waals surface area contributed by atoms with Gasteiger partial charge in [0, 0.05) is 13.1 Å². The fourth-order valence-corrected chi connectivity index (χ4v) is 1.76. The molecule has 0 spiro atoms. The zero-order valence-corrected chi connectivity index (χ0v) is 9.46. The number of ether oxygens (including phenoxy) is 1. The molecule has 1 unspecified atom stereocenters. The Hall–Kier alpha value is -1.42. The van der Waals surface area contributed by atoms with Crippen LogP contribution in [-0.4, -0.2) is 12.6 Å². The normalized spacial score (nSPS) is 19.1. The third-order valence-electron chi connectivity index (χ3n) is 2.71. The summed E-state index contributed by atoms with van der Waals surface area (Å²) in [5, 5.41) is 3.17. The molecule has 0 aliphatic carbocycles. The second kappa shape index (κ2) is 5.77. The summed E-state index contributed by atoms with van der Waals surface area (Å²) in [7, 11) is 0. The number of nitrogens with one attached hydrogen (secondary N) is 1. The fourth-order valence-electron chi connectivity index (χ4n) is 1.76. The highest BCUT2D eigenvalue weighted by Crippen LogP contribution is 2.10. The Morgan fingerprint density at radius 2 is 2.18 bits per heavy atom. The molecule has 0 radical (unpaired) electrons. The molecule has 1 heterocycles. The van der Waals surface area contributed by atoms with Crippen LogP contribution in [0.25, 0.3) is 0 Å². The van der Waals surface area contributed by atoms with Crippen LogP contribution in [0.5, 0.6) is 0 Å². The first kappa shape index (κ1) is 12.0. The van der Waals surface area contributed by atoms with Crippen LogP contribution >= 0.6 is 0 Å². The van der Waals surface area contributed by atoms with Gasteiger partial charge in [0.15, 0.2) is 11.6 Å². The molecule has 2 rings (SSSR count). The highest BCUT2D eigenvalue weighted by Gasteiger charge is 2.10. The van der Waals surface area contributed by atoms with Crippen molar-refractivity contribution in [2.75, 3.05) is 6.54 Å². The van der Waals surface area contributed by atoms with E-state index in [2.05, 4.69) is 5.32 Å². The van der Waals surface area contributed by atoms with Crippen molar-refractivity contribution in [3.05, 3.63) is 47.7 Å². The predicted octanol–water partition coefficient (Wildman–Crippen LogP) is 2.75. The average Bonchev–Trinajstić information content (AvgIpc) is 2.35. The van der Waals surface area contributed by atoms with Gasteiger partial charge in [-0.25, -0.2) is 8.78 Å². The number of rotatable bonds is 4. The van der Waals surface area contributed by atoms with Crippen LogP contribution in [0.3, 0.4) is 0 Å². The van der Waals surface area contributed by atoms with Crippen molar-refractivity contribution in [3.8, 4) is 0 Å². The van der Waals surface area contributed by atoms with Crippen LogP contribution < -0.4 is 5.32 Å². The van der Waals surface area contributed by atoms with Gasteiger partial charge in [-0.1, -0.05) is 6.07 Å². The van der Waals surface area contributed by atoms with Gasteiger partial charge in [0.1, 0.15) is 6.10 Å². The van der Waals surface area contributed by atoms with Crippen molar-refractivity contribution in [3.63, 3.8) is 0 Å². The number of halogens is 2. The number of allylic oxidation sites excluding steroid dienone is 1. The summed E-state index contributed by atoms with van der Waals surface area (Å²) in [6.45, 7) is 1.23. The summed E-state index contributed by atoms with van der Waals surface area (Å²) >= 11 is 0. The average molecular weight is 239 g/mol. The summed E-state index contributed by atoms with van der Waals surface area (Å²) < 4.78 is 31.0. The third-order valence-corrected chi connectivity index (χ3v) is 2.71. The Morgan fingerprint density at radius 1 is 1.29 bits per heavy atom. The SMILES string of the molecule is Fc1ccc(CNCC2CCC=CO2)cc1F. The highest BCUT2D eigenvalue weighted by molar-refractivity contribution is 5.17. The quantitative estimate of drug-likeness (QED) is 0.872. The van der Waals surface area contributed by atoms with E-state index >= 15 is 0 Å². The number of hydrogen-bond donors (Lipinski definition) is 1. The van der Waals surface area contributed by atoms with Gasteiger partial charge in [-0.15, -0.1) is 0 Å². The minimum absolute atomic E-state index is 0.172. The summed E-state index contributed by atoms with van der Waals surface area (Å²) in [5.41, 5.74) is 0.732. The Labute approximate surface area is 99.3 Å². The lowest BCUT2D eigenvalue weighted by molar-refractivity contribution is 0.122. The van der Waals surface area contributed by atoms with E-state index in [0.717, 1.165) is 24.5 Å². The van der Waals surface area contributed by atoms with Crippen molar-refractivity contribution in [1.82, 2.24) is 5.32 Å². The molecule has 0 amide bonds. The standard InChI is InChI=1S/C13H15F2NO/c14-12-5-4-10(7-13(12)15)8-16-9-11-3-1-2-6-17-11/h2,4-7,11,16H,1,3,8-9H2. The van der Waals surface area contributed by atoms with E-state index in [0.29, 0.717) is 13.1 Å². The maximum atomic E-state index is 12.9. The van der Waals surface area contributed by atoms with E-state index in [9.17, 15) is 8.78 Å². The van der Waals surface area contributed by atoms with Crippen molar-refractivity contribution >= 4 is 0 Å². The molecule has 1 atom stereocenters. The van der Waals surface area contributed by atoms with E-state index < -0.39 is 11.6 Å². The topological polar surface area (TPSA) is 21.3 Å². The molecule has 1 aliphatic rings. The maximum Gasteiger partial charge on any atom is 0.159 e. The molecule has 0 fully saturated rings. The van der Waals surface area contributed by atoms with Gasteiger partial charge in [-0.3, -0.25) is 0 Å². The van der Waals surface area contributed by atoms with Crippen molar-refractivity contribution in [2.24, 2.45) is 0 Å². The molecule has 1 aliphatic heterocycles. The van der Waals surface area contributed by atoms with E-state index in [-0.39, 0.29) is 6.10 Å². The molecule has 0 saturated carbocycles. The molecule has 17 heavy (non-hydrogen) atoms. The minimum atomic E-state index is -0.811. The van der Waals surface area contributed by atoms with Gasteiger partial charge in [0.2, 0.25) is 0 Å². The molecular formula is C13H15F2NO. The van der Waals surface area contributed by atoms with E-state index in [1.165, 1.54) is 6.07 Å². The van der Waals surface area contributed by atoms with Crippen LogP contribution in [0.2, 0.25) is 0 Å². The first-order chi connectivity index (χ1) is 8.25.